The van der Waals surface area contributed by atoms with Crippen LogP contribution in [0.25, 0.3) is 0 Å². The van der Waals surface area contributed by atoms with Gasteiger partial charge in [0.2, 0.25) is 0 Å². The van der Waals surface area contributed by atoms with Gasteiger partial charge in [-0.2, -0.15) is 0 Å². The summed E-state index contributed by atoms with van der Waals surface area (Å²) in [6, 6.07) is 0. The maximum atomic E-state index is 2.35. The lowest BCUT2D eigenvalue weighted by molar-refractivity contribution is 0.171. The fraction of sp³-hybridized carbons (Fsp3) is 1.00. The van der Waals surface area contributed by atoms with Gasteiger partial charge in [0, 0.05) is 0 Å². The predicted molar refractivity (Wildman–Crippen MR) is 214 cm³/mol. The normalized spacial score (nSPS) is 12.0. The van der Waals surface area contributed by atoms with Crippen LogP contribution in [0.5, 0.6) is 0 Å². The summed E-state index contributed by atoms with van der Waals surface area (Å²) in [6.07, 6.45) is 60.7. The fourth-order valence-electron chi connectivity index (χ4n) is 8.17. The van der Waals surface area contributed by atoms with Crippen LogP contribution in [-0.2, 0) is 0 Å². The molecule has 0 fully saturated rings. The van der Waals surface area contributed by atoms with Gasteiger partial charge in [0.1, 0.15) is 0 Å². The minimum Gasteiger partial charge on any atom is -0.0654 e. The lowest BCUT2D eigenvalue weighted by Gasteiger charge is -2.35. The Morgan fingerprint density at radius 2 is 0.304 bits per heavy atom. The first-order valence-corrected chi connectivity index (χ1v) is 22.7. The number of hydrogen-bond donors (Lipinski definition) is 0. The molecule has 0 aromatic heterocycles. The number of unbranched alkanes of at least 4 members (excludes halogenated alkanes) is 33. The Kier molecular flexibility index (Phi) is 39.4. The molecule has 0 rings (SSSR count). The van der Waals surface area contributed by atoms with Gasteiger partial charge in [0.15, 0.2) is 0 Å². The van der Waals surface area contributed by atoms with Crippen LogP contribution in [0.4, 0.5) is 0 Å². The van der Waals surface area contributed by atoms with Crippen molar-refractivity contribution >= 4 is 0 Å². The first-order valence-electron chi connectivity index (χ1n) is 22.7. The van der Waals surface area contributed by atoms with Crippen molar-refractivity contribution in [3.8, 4) is 0 Å². The van der Waals surface area contributed by atoms with Crippen LogP contribution >= 0.6 is 0 Å². The Morgan fingerprint density at radius 3 is 0.457 bits per heavy atom. The topological polar surface area (TPSA) is 0 Å². The van der Waals surface area contributed by atoms with Gasteiger partial charge in [-0.1, -0.05) is 265 Å². The molecule has 0 saturated heterocycles. The molecule has 46 heavy (non-hydrogen) atoms. The second-order valence-electron chi connectivity index (χ2n) is 16.2. The SMILES string of the molecule is CCCCCCCCCCCCC(CCCCCCCCC)(CCCCCCCCCCCC)CCCCCCCCCCCC. The van der Waals surface area contributed by atoms with E-state index in [-0.39, 0.29) is 0 Å². The molecule has 0 unspecified atom stereocenters. The highest BCUT2D eigenvalue weighted by Crippen LogP contribution is 2.42. The summed E-state index contributed by atoms with van der Waals surface area (Å²) in [6.45, 7) is 9.35. The molecular weight excluding hydrogens is 553 g/mol. The van der Waals surface area contributed by atoms with E-state index < -0.39 is 0 Å². The van der Waals surface area contributed by atoms with Crippen LogP contribution in [-0.4, -0.2) is 0 Å². The maximum Gasteiger partial charge on any atom is -0.0297 e. The molecule has 0 atom stereocenters. The van der Waals surface area contributed by atoms with Crippen LogP contribution in [0.3, 0.4) is 0 Å². The summed E-state index contributed by atoms with van der Waals surface area (Å²) in [5.41, 5.74) is 0.671. The van der Waals surface area contributed by atoms with Crippen molar-refractivity contribution in [2.75, 3.05) is 0 Å². The highest BCUT2D eigenvalue weighted by Gasteiger charge is 2.28. The maximum absolute atomic E-state index is 2.35. The quantitative estimate of drug-likeness (QED) is 0.0580. The minimum absolute atomic E-state index is 0.671. The van der Waals surface area contributed by atoms with Gasteiger partial charge in [-0.3, -0.25) is 0 Å². The van der Waals surface area contributed by atoms with Crippen molar-refractivity contribution in [2.45, 2.75) is 291 Å². The lowest BCUT2D eigenvalue weighted by Crippen LogP contribution is -2.21. The van der Waals surface area contributed by atoms with Gasteiger partial charge in [-0.25, -0.2) is 0 Å². The Balaban J connectivity index is 4.81. The van der Waals surface area contributed by atoms with E-state index in [4.69, 9.17) is 0 Å². The standard InChI is InChI=1S/C46H94/c1-5-9-13-17-21-24-27-31-35-39-43-46(42-38-34-30-20-16-12-8-4,44-40-36-32-28-25-22-18-14-10-6-2)45-41-37-33-29-26-23-19-15-11-7-3/h5-45H2,1-4H3. The largest absolute Gasteiger partial charge is 0.0654 e. The van der Waals surface area contributed by atoms with E-state index >= 15 is 0 Å². The van der Waals surface area contributed by atoms with Crippen molar-refractivity contribution in [1.82, 2.24) is 0 Å². The van der Waals surface area contributed by atoms with E-state index in [2.05, 4.69) is 27.7 Å². The van der Waals surface area contributed by atoms with Crippen molar-refractivity contribution < 1.29 is 0 Å². The molecule has 0 heteroatoms. The summed E-state index contributed by atoms with van der Waals surface area (Å²) < 4.78 is 0. The summed E-state index contributed by atoms with van der Waals surface area (Å²) in [5, 5.41) is 0. The van der Waals surface area contributed by atoms with E-state index in [1.54, 1.807) is 25.7 Å². The molecule has 0 aliphatic heterocycles. The summed E-state index contributed by atoms with van der Waals surface area (Å²) in [4.78, 5) is 0. The third-order valence-corrected chi connectivity index (χ3v) is 11.5. The third kappa shape index (κ3) is 33.9. The van der Waals surface area contributed by atoms with Crippen LogP contribution in [0.2, 0.25) is 0 Å². The molecular formula is C46H94. The van der Waals surface area contributed by atoms with E-state index in [9.17, 15) is 0 Å². The Bertz CT molecular complexity index is 460. The van der Waals surface area contributed by atoms with Gasteiger partial charge in [0.25, 0.3) is 0 Å². The van der Waals surface area contributed by atoms with E-state index in [1.807, 2.05) is 0 Å². The molecule has 0 saturated carbocycles. The van der Waals surface area contributed by atoms with Crippen molar-refractivity contribution in [1.29, 1.82) is 0 Å². The zero-order chi connectivity index (χ0) is 33.5. The smallest absolute Gasteiger partial charge is 0.0297 e. The zero-order valence-corrected chi connectivity index (χ0v) is 33.5. The van der Waals surface area contributed by atoms with Crippen molar-refractivity contribution in [3.05, 3.63) is 0 Å². The lowest BCUT2D eigenvalue weighted by atomic mass is 9.70. The molecule has 0 aromatic rings. The summed E-state index contributed by atoms with van der Waals surface area (Å²) in [7, 11) is 0. The molecule has 0 aliphatic rings. The highest BCUT2D eigenvalue weighted by molar-refractivity contribution is 4.80. The molecule has 0 nitrogen and oxygen atoms in total. The third-order valence-electron chi connectivity index (χ3n) is 11.5. The molecule has 0 spiro atoms. The minimum atomic E-state index is 0.671. The van der Waals surface area contributed by atoms with E-state index in [1.165, 1.54) is 238 Å². The molecule has 278 valence electrons. The van der Waals surface area contributed by atoms with Crippen LogP contribution in [0.15, 0.2) is 0 Å². The van der Waals surface area contributed by atoms with Crippen molar-refractivity contribution in [2.24, 2.45) is 5.41 Å². The molecule has 0 bridgehead atoms. The second kappa shape index (κ2) is 39.4. The Hall–Kier alpha value is 0. The monoisotopic (exact) mass is 647 g/mol. The molecule has 0 aliphatic carbocycles. The molecule has 0 heterocycles. The van der Waals surface area contributed by atoms with Crippen molar-refractivity contribution in [3.63, 3.8) is 0 Å². The van der Waals surface area contributed by atoms with Crippen LogP contribution in [0.1, 0.15) is 291 Å². The Labute approximate surface area is 295 Å². The summed E-state index contributed by atoms with van der Waals surface area (Å²) in [5.74, 6) is 0. The van der Waals surface area contributed by atoms with Crippen LogP contribution < -0.4 is 0 Å². The first-order chi connectivity index (χ1) is 22.7. The number of hydrogen-bond acceptors (Lipinski definition) is 0. The first kappa shape index (κ1) is 46.0. The van der Waals surface area contributed by atoms with Gasteiger partial charge < -0.3 is 0 Å². The second-order valence-corrected chi connectivity index (χ2v) is 16.2. The molecule has 0 N–H and O–H groups in total. The summed E-state index contributed by atoms with van der Waals surface area (Å²) >= 11 is 0. The highest BCUT2D eigenvalue weighted by atomic mass is 14.3. The van der Waals surface area contributed by atoms with E-state index in [0.717, 1.165) is 0 Å². The average molecular weight is 647 g/mol. The fourth-order valence-corrected chi connectivity index (χ4v) is 8.17. The molecule has 0 amide bonds. The van der Waals surface area contributed by atoms with Gasteiger partial charge in [-0.05, 0) is 31.1 Å². The van der Waals surface area contributed by atoms with Crippen LogP contribution in [0, 0.1) is 5.41 Å². The van der Waals surface area contributed by atoms with Gasteiger partial charge in [-0.15, -0.1) is 0 Å². The predicted octanol–water partition coefficient (Wildman–Crippen LogP) is 18.0. The molecule has 0 aromatic carbocycles. The van der Waals surface area contributed by atoms with Gasteiger partial charge in [0.05, 0.1) is 0 Å². The molecule has 0 radical (unpaired) electrons. The zero-order valence-electron chi connectivity index (χ0n) is 33.5. The Morgan fingerprint density at radius 1 is 0.174 bits per heavy atom. The van der Waals surface area contributed by atoms with Gasteiger partial charge >= 0.3 is 0 Å². The van der Waals surface area contributed by atoms with E-state index in [0.29, 0.717) is 5.41 Å². The average Bonchev–Trinajstić information content (AvgIpc) is 3.06. The number of rotatable bonds is 41.